The fourth-order valence-corrected chi connectivity index (χ4v) is 4.74. The van der Waals surface area contributed by atoms with Gasteiger partial charge >= 0.3 is 0 Å². The van der Waals surface area contributed by atoms with Crippen LogP contribution < -0.4 is 5.56 Å². The van der Waals surface area contributed by atoms with Gasteiger partial charge in [0.15, 0.2) is 10.8 Å². The van der Waals surface area contributed by atoms with Crippen LogP contribution in [0.15, 0.2) is 40.3 Å². The molecule has 0 spiro atoms. The molecule has 1 aliphatic heterocycles. The summed E-state index contributed by atoms with van der Waals surface area (Å²) in [5, 5.41) is 1.26. The predicted molar refractivity (Wildman–Crippen MR) is 123 cm³/mol. The average Bonchev–Trinajstić information content (AvgIpc) is 2.74. The van der Waals surface area contributed by atoms with Crippen molar-refractivity contribution in [3.05, 3.63) is 57.5 Å². The van der Waals surface area contributed by atoms with Gasteiger partial charge in [-0.05, 0) is 44.9 Å². The summed E-state index contributed by atoms with van der Waals surface area (Å²) in [5.41, 5.74) is 4.27. The fraction of sp³-hybridized carbons (Fsp3) is 0.458. The Morgan fingerprint density at radius 1 is 1.20 bits per heavy atom. The first-order chi connectivity index (χ1) is 14.4. The van der Waals surface area contributed by atoms with Crippen LogP contribution in [0.25, 0.3) is 16.7 Å². The second-order valence-electron chi connectivity index (χ2n) is 8.31. The molecule has 1 aromatic carbocycles. The highest BCUT2D eigenvalue weighted by Gasteiger charge is 2.31. The number of hydrogen-bond acceptors (Lipinski definition) is 5. The van der Waals surface area contributed by atoms with Crippen molar-refractivity contribution in [2.45, 2.75) is 70.7 Å². The Balaban J connectivity index is 1.88. The molecule has 0 fully saturated rings. The van der Waals surface area contributed by atoms with Crippen molar-refractivity contribution in [1.82, 2.24) is 14.5 Å². The molecule has 1 atom stereocenters. The van der Waals surface area contributed by atoms with Gasteiger partial charge in [-0.2, -0.15) is 0 Å². The summed E-state index contributed by atoms with van der Waals surface area (Å²) in [6.45, 7) is 8.95. The van der Waals surface area contributed by atoms with E-state index in [1.54, 1.807) is 16.3 Å². The maximum atomic E-state index is 13.6. The molecule has 0 bridgehead atoms. The molecule has 0 aliphatic carbocycles. The number of rotatable bonds is 6. The lowest BCUT2D eigenvalue weighted by atomic mass is 9.91. The zero-order valence-electron chi connectivity index (χ0n) is 18.2. The predicted octanol–water partition coefficient (Wildman–Crippen LogP) is 5.22. The monoisotopic (exact) mass is 423 g/mol. The van der Waals surface area contributed by atoms with Crippen LogP contribution in [0.1, 0.15) is 56.9 Å². The molecule has 0 amide bonds. The fourth-order valence-electron chi connectivity index (χ4n) is 3.66. The third kappa shape index (κ3) is 4.03. The van der Waals surface area contributed by atoms with E-state index in [2.05, 4.69) is 20.8 Å². The van der Waals surface area contributed by atoms with Crippen LogP contribution in [0.5, 0.6) is 0 Å². The molecule has 158 valence electrons. The van der Waals surface area contributed by atoms with E-state index >= 15 is 0 Å². The molecule has 5 nitrogen and oxygen atoms in total. The number of ether oxygens (including phenoxy) is 1. The second-order valence-corrected chi connectivity index (χ2v) is 9.37. The van der Waals surface area contributed by atoms with Gasteiger partial charge in [-0.3, -0.25) is 9.36 Å². The number of unbranched alkanes of at least 4 members (excludes halogenated alkanes) is 1. The Hall–Kier alpha value is -2.18. The summed E-state index contributed by atoms with van der Waals surface area (Å²) >= 11 is 1.63. The molecule has 3 heterocycles. The van der Waals surface area contributed by atoms with Crippen molar-refractivity contribution in [3.63, 3.8) is 0 Å². The van der Waals surface area contributed by atoms with E-state index in [-0.39, 0.29) is 11.2 Å². The molecule has 1 aliphatic rings. The van der Waals surface area contributed by atoms with Crippen LogP contribution in [0.3, 0.4) is 0 Å². The summed E-state index contributed by atoms with van der Waals surface area (Å²) in [7, 11) is 0. The molecule has 6 heteroatoms. The van der Waals surface area contributed by atoms with Gasteiger partial charge in [0.25, 0.3) is 5.56 Å². The standard InChI is InChI=1S/C24H29N3O2S/c1-5-7-12-30-23-26-21-19(22(28)27(23)18-10-8-16(3)9-11-18)13-17-15-29-24(4,6-2)14-20(17)25-21/h8-11,13H,5-7,12,14-15H2,1-4H3. The SMILES string of the molecule is CCCCSc1nc2nc3c(cc2c(=O)n1-c1ccc(C)cc1)COC(C)(CC)C3. The molecule has 30 heavy (non-hydrogen) atoms. The lowest BCUT2D eigenvalue weighted by Gasteiger charge is -2.33. The minimum Gasteiger partial charge on any atom is -0.370 e. The van der Waals surface area contributed by atoms with Crippen LogP contribution in [-0.4, -0.2) is 25.9 Å². The number of hydrogen-bond donors (Lipinski definition) is 0. The molecular weight excluding hydrogens is 394 g/mol. The zero-order chi connectivity index (χ0) is 21.3. The summed E-state index contributed by atoms with van der Waals surface area (Å²) in [4.78, 5) is 23.3. The first-order valence-electron chi connectivity index (χ1n) is 10.7. The Morgan fingerprint density at radius 3 is 2.67 bits per heavy atom. The van der Waals surface area contributed by atoms with E-state index in [4.69, 9.17) is 14.7 Å². The molecule has 0 N–H and O–H groups in total. The maximum absolute atomic E-state index is 13.6. The number of aromatic nitrogens is 3. The summed E-state index contributed by atoms with van der Waals surface area (Å²) in [6, 6.07) is 9.95. The van der Waals surface area contributed by atoms with Crippen molar-refractivity contribution in [2.24, 2.45) is 0 Å². The van der Waals surface area contributed by atoms with Crippen LogP contribution >= 0.6 is 11.8 Å². The first-order valence-corrected chi connectivity index (χ1v) is 11.7. The van der Waals surface area contributed by atoms with Gasteiger partial charge in [-0.15, -0.1) is 0 Å². The number of fused-ring (bicyclic) bond motifs is 2. The Bertz CT molecular complexity index is 1120. The highest BCUT2D eigenvalue weighted by molar-refractivity contribution is 7.99. The average molecular weight is 424 g/mol. The molecule has 3 aromatic rings. The van der Waals surface area contributed by atoms with Gasteiger partial charge in [0.2, 0.25) is 0 Å². The number of pyridine rings is 1. The molecule has 1 unspecified atom stereocenters. The first kappa shape index (κ1) is 21.1. The van der Waals surface area contributed by atoms with Crippen molar-refractivity contribution >= 4 is 22.8 Å². The van der Waals surface area contributed by atoms with Gasteiger partial charge in [-0.25, -0.2) is 9.97 Å². The van der Waals surface area contributed by atoms with Crippen LogP contribution in [0, 0.1) is 6.92 Å². The number of aryl methyl sites for hydroxylation is 1. The molecule has 4 rings (SSSR count). The highest BCUT2D eigenvalue weighted by Crippen LogP contribution is 2.31. The molecular formula is C24H29N3O2S. The largest absolute Gasteiger partial charge is 0.370 e. The van der Waals surface area contributed by atoms with Crippen molar-refractivity contribution in [3.8, 4) is 5.69 Å². The van der Waals surface area contributed by atoms with E-state index in [0.717, 1.165) is 53.9 Å². The maximum Gasteiger partial charge on any atom is 0.268 e. The van der Waals surface area contributed by atoms with Gasteiger partial charge in [0, 0.05) is 17.7 Å². The van der Waals surface area contributed by atoms with Crippen molar-refractivity contribution < 1.29 is 4.74 Å². The lowest BCUT2D eigenvalue weighted by Crippen LogP contribution is -2.35. The topological polar surface area (TPSA) is 57.0 Å². The van der Waals surface area contributed by atoms with Crippen molar-refractivity contribution in [1.29, 1.82) is 0 Å². The Kier molecular flexibility index (Phi) is 5.98. The van der Waals surface area contributed by atoms with Gasteiger partial charge in [-0.1, -0.05) is 49.7 Å². The third-order valence-electron chi connectivity index (χ3n) is 5.88. The molecule has 0 saturated heterocycles. The zero-order valence-corrected chi connectivity index (χ0v) is 19.0. The number of nitrogens with zero attached hydrogens (tertiary/aromatic N) is 3. The molecule has 0 saturated carbocycles. The van der Waals surface area contributed by atoms with E-state index < -0.39 is 0 Å². The van der Waals surface area contributed by atoms with E-state index in [1.807, 2.05) is 37.3 Å². The Morgan fingerprint density at radius 2 is 1.97 bits per heavy atom. The third-order valence-corrected chi connectivity index (χ3v) is 6.91. The van der Waals surface area contributed by atoms with E-state index in [1.165, 1.54) is 0 Å². The van der Waals surface area contributed by atoms with E-state index in [0.29, 0.717) is 22.8 Å². The quantitative estimate of drug-likeness (QED) is 0.309. The van der Waals surface area contributed by atoms with Crippen molar-refractivity contribution in [2.75, 3.05) is 5.75 Å². The van der Waals surface area contributed by atoms with E-state index in [9.17, 15) is 4.79 Å². The normalized spacial score (nSPS) is 18.5. The summed E-state index contributed by atoms with van der Waals surface area (Å²) in [6.07, 6.45) is 3.86. The van der Waals surface area contributed by atoms with Gasteiger partial charge < -0.3 is 4.74 Å². The summed E-state index contributed by atoms with van der Waals surface area (Å²) < 4.78 is 7.81. The lowest BCUT2D eigenvalue weighted by molar-refractivity contribution is -0.0573. The second kappa shape index (κ2) is 8.52. The minimum absolute atomic E-state index is 0.0676. The Labute approximate surface area is 181 Å². The highest BCUT2D eigenvalue weighted by atomic mass is 32.2. The van der Waals surface area contributed by atoms with Crippen LogP contribution in [0.2, 0.25) is 0 Å². The molecule has 2 aromatic heterocycles. The number of benzene rings is 1. The van der Waals surface area contributed by atoms with Gasteiger partial charge in [0.05, 0.1) is 29.0 Å². The summed E-state index contributed by atoms with van der Waals surface area (Å²) in [5.74, 6) is 0.924. The van der Waals surface area contributed by atoms with Crippen LogP contribution in [-0.2, 0) is 17.8 Å². The van der Waals surface area contributed by atoms with Crippen LogP contribution in [0.4, 0.5) is 0 Å². The smallest absolute Gasteiger partial charge is 0.268 e. The number of thioether (sulfide) groups is 1. The molecule has 0 radical (unpaired) electrons. The van der Waals surface area contributed by atoms with Gasteiger partial charge in [0.1, 0.15) is 0 Å². The minimum atomic E-state index is -0.205.